The number of carbonyl (C=O) groups is 3. The molecule has 4 aromatic rings. The van der Waals surface area contributed by atoms with Crippen molar-refractivity contribution < 1.29 is 14.4 Å². The molecular formula is C24H16N4O3S. The highest BCUT2D eigenvalue weighted by Crippen LogP contribution is 2.28. The Morgan fingerprint density at radius 3 is 2.25 bits per heavy atom. The molecule has 0 bridgehead atoms. The van der Waals surface area contributed by atoms with Crippen LogP contribution in [0.3, 0.4) is 0 Å². The van der Waals surface area contributed by atoms with Crippen LogP contribution >= 0.6 is 11.3 Å². The number of aromatic nitrogens is 2. The maximum absolute atomic E-state index is 12.6. The van der Waals surface area contributed by atoms with E-state index in [0.717, 1.165) is 21.3 Å². The van der Waals surface area contributed by atoms with Crippen LogP contribution in [-0.4, -0.2) is 27.7 Å². The lowest BCUT2D eigenvalue weighted by molar-refractivity contribution is 0.0923. The second-order valence-corrected chi connectivity index (χ2v) is 7.94. The number of carbonyl (C=O) groups excluding carboxylic acids is 3. The Kier molecular flexibility index (Phi) is 5.04. The molecule has 1 N–H and O–H groups in total. The molecule has 0 unspecified atom stereocenters. The smallest absolute Gasteiger partial charge is 0.266 e. The van der Waals surface area contributed by atoms with E-state index in [1.807, 2.05) is 23.6 Å². The first-order chi connectivity index (χ1) is 15.6. The molecule has 0 spiro atoms. The second kappa shape index (κ2) is 8.16. The summed E-state index contributed by atoms with van der Waals surface area (Å²) < 4.78 is 0. The first kappa shape index (κ1) is 19.8. The van der Waals surface area contributed by atoms with Crippen LogP contribution in [0.25, 0.3) is 10.7 Å². The van der Waals surface area contributed by atoms with E-state index in [1.54, 1.807) is 54.7 Å². The van der Waals surface area contributed by atoms with E-state index in [1.165, 1.54) is 11.3 Å². The van der Waals surface area contributed by atoms with Gasteiger partial charge < -0.3 is 5.32 Å². The number of anilines is 1. The van der Waals surface area contributed by atoms with Gasteiger partial charge in [-0.15, -0.1) is 11.3 Å². The highest BCUT2D eigenvalue weighted by atomic mass is 32.1. The highest BCUT2D eigenvalue weighted by Gasteiger charge is 2.36. The van der Waals surface area contributed by atoms with Gasteiger partial charge in [-0.2, -0.15) is 0 Å². The Hall–Kier alpha value is -4.17. The van der Waals surface area contributed by atoms with Crippen molar-refractivity contribution in [2.75, 3.05) is 4.90 Å². The van der Waals surface area contributed by atoms with Crippen molar-refractivity contribution in [1.82, 2.24) is 15.3 Å². The average molecular weight is 440 g/mol. The summed E-state index contributed by atoms with van der Waals surface area (Å²) in [6, 6.07) is 18.7. The lowest BCUT2D eigenvalue weighted by Crippen LogP contribution is -2.29. The van der Waals surface area contributed by atoms with Gasteiger partial charge in [-0.05, 0) is 48.5 Å². The van der Waals surface area contributed by atoms with Crippen LogP contribution in [0, 0.1) is 0 Å². The first-order valence-corrected chi connectivity index (χ1v) is 10.7. The maximum Gasteiger partial charge on any atom is 0.266 e. The lowest BCUT2D eigenvalue weighted by Gasteiger charge is -2.14. The molecule has 3 amide bonds. The molecule has 32 heavy (non-hydrogen) atoms. The van der Waals surface area contributed by atoms with Gasteiger partial charge in [0.2, 0.25) is 0 Å². The molecule has 8 heteroatoms. The van der Waals surface area contributed by atoms with Crippen LogP contribution in [0.1, 0.15) is 36.8 Å². The van der Waals surface area contributed by atoms with E-state index in [0.29, 0.717) is 22.4 Å². The number of amides is 3. The lowest BCUT2D eigenvalue weighted by atomic mass is 10.1. The number of imide groups is 1. The number of pyridine rings is 1. The molecule has 1 aliphatic rings. The van der Waals surface area contributed by atoms with Gasteiger partial charge in [0.1, 0.15) is 5.01 Å². The Morgan fingerprint density at radius 1 is 0.906 bits per heavy atom. The first-order valence-electron chi connectivity index (χ1n) is 9.84. The number of fused-ring (bicyclic) bond motifs is 1. The third-order valence-electron chi connectivity index (χ3n) is 5.05. The number of rotatable bonds is 5. The molecule has 0 aliphatic carbocycles. The van der Waals surface area contributed by atoms with Crippen LogP contribution in [0.4, 0.5) is 5.69 Å². The van der Waals surface area contributed by atoms with E-state index in [2.05, 4.69) is 15.3 Å². The SMILES string of the molecule is O=C(NCc1csc(-c2ccccn2)n1)c1ccc(N2C(=O)c3ccccc3C2=O)cc1. The minimum Gasteiger partial charge on any atom is -0.346 e. The van der Waals surface area contributed by atoms with E-state index in [4.69, 9.17) is 0 Å². The molecule has 5 rings (SSSR count). The zero-order valence-corrected chi connectivity index (χ0v) is 17.5. The predicted molar refractivity (Wildman–Crippen MR) is 121 cm³/mol. The maximum atomic E-state index is 12.6. The number of nitrogens with zero attached hydrogens (tertiary/aromatic N) is 3. The van der Waals surface area contributed by atoms with Gasteiger partial charge in [0.15, 0.2) is 0 Å². The summed E-state index contributed by atoms with van der Waals surface area (Å²) in [4.78, 5) is 47.7. The van der Waals surface area contributed by atoms with Crippen LogP contribution in [0.2, 0.25) is 0 Å². The van der Waals surface area contributed by atoms with Crippen molar-refractivity contribution in [3.05, 3.63) is 101 Å². The Morgan fingerprint density at radius 2 is 1.59 bits per heavy atom. The van der Waals surface area contributed by atoms with Crippen LogP contribution < -0.4 is 10.2 Å². The number of thiazole rings is 1. The van der Waals surface area contributed by atoms with Gasteiger partial charge in [-0.3, -0.25) is 19.4 Å². The fourth-order valence-electron chi connectivity index (χ4n) is 3.45. The van der Waals surface area contributed by atoms with E-state index >= 15 is 0 Å². The molecule has 0 fully saturated rings. The quantitative estimate of drug-likeness (QED) is 0.475. The third kappa shape index (κ3) is 3.57. The van der Waals surface area contributed by atoms with Crippen molar-refractivity contribution in [3.8, 4) is 10.7 Å². The summed E-state index contributed by atoms with van der Waals surface area (Å²) in [6.07, 6.45) is 1.71. The molecule has 3 heterocycles. The average Bonchev–Trinajstić information content (AvgIpc) is 3.41. The van der Waals surface area contributed by atoms with Crippen molar-refractivity contribution in [2.24, 2.45) is 0 Å². The van der Waals surface area contributed by atoms with Gasteiger partial charge in [0, 0.05) is 17.1 Å². The summed E-state index contributed by atoms with van der Waals surface area (Å²) in [7, 11) is 0. The molecule has 0 saturated heterocycles. The fourth-order valence-corrected chi connectivity index (χ4v) is 4.25. The second-order valence-electron chi connectivity index (χ2n) is 7.08. The number of nitrogens with one attached hydrogen (secondary N) is 1. The highest BCUT2D eigenvalue weighted by molar-refractivity contribution is 7.13. The molecule has 0 radical (unpaired) electrons. The molecule has 0 atom stereocenters. The minimum atomic E-state index is -0.366. The molecule has 1 aliphatic heterocycles. The zero-order valence-electron chi connectivity index (χ0n) is 16.7. The predicted octanol–water partition coefficient (Wildman–Crippen LogP) is 3.94. The van der Waals surface area contributed by atoms with Gasteiger partial charge in [0.25, 0.3) is 17.7 Å². The summed E-state index contributed by atoms with van der Waals surface area (Å²) in [5.41, 5.74) is 3.14. The van der Waals surface area contributed by atoms with Crippen molar-refractivity contribution in [2.45, 2.75) is 6.54 Å². The van der Waals surface area contributed by atoms with Crippen molar-refractivity contribution in [1.29, 1.82) is 0 Å². The van der Waals surface area contributed by atoms with Crippen LogP contribution in [0.5, 0.6) is 0 Å². The molecule has 0 saturated carbocycles. The third-order valence-corrected chi connectivity index (χ3v) is 5.96. The molecule has 2 aromatic carbocycles. The number of hydrogen-bond acceptors (Lipinski definition) is 6. The molecular weight excluding hydrogens is 424 g/mol. The van der Waals surface area contributed by atoms with Crippen molar-refractivity contribution >= 4 is 34.7 Å². The minimum absolute atomic E-state index is 0.272. The normalized spacial score (nSPS) is 12.7. The number of hydrogen-bond donors (Lipinski definition) is 1. The monoisotopic (exact) mass is 440 g/mol. The van der Waals surface area contributed by atoms with Gasteiger partial charge >= 0.3 is 0 Å². The zero-order chi connectivity index (χ0) is 22.1. The van der Waals surface area contributed by atoms with Crippen LogP contribution in [0.15, 0.2) is 78.3 Å². The fraction of sp³-hybridized carbons (Fsp3) is 0.0417. The molecule has 2 aromatic heterocycles. The van der Waals surface area contributed by atoms with Gasteiger partial charge in [-0.25, -0.2) is 9.88 Å². The Balaban J connectivity index is 1.25. The van der Waals surface area contributed by atoms with Crippen LogP contribution in [-0.2, 0) is 6.54 Å². The van der Waals surface area contributed by atoms with E-state index in [-0.39, 0.29) is 24.3 Å². The van der Waals surface area contributed by atoms with E-state index in [9.17, 15) is 14.4 Å². The Labute approximate surface area is 187 Å². The summed E-state index contributed by atoms with van der Waals surface area (Å²) in [5, 5.41) is 5.51. The van der Waals surface area contributed by atoms with Gasteiger partial charge in [0.05, 0.1) is 34.7 Å². The van der Waals surface area contributed by atoms with E-state index < -0.39 is 0 Å². The summed E-state index contributed by atoms with van der Waals surface area (Å²) in [5.74, 6) is -1.00. The van der Waals surface area contributed by atoms with Crippen molar-refractivity contribution in [3.63, 3.8) is 0 Å². The Bertz CT molecular complexity index is 1300. The number of benzene rings is 2. The standard InChI is InChI=1S/C24H16N4O3S/c29-21(26-13-16-14-32-22(27-16)20-7-3-4-12-25-20)15-8-10-17(11-9-15)28-23(30)18-5-1-2-6-19(18)24(28)31/h1-12,14H,13H2,(H,26,29). The summed E-state index contributed by atoms with van der Waals surface area (Å²) >= 11 is 1.47. The molecule has 7 nitrogen and oxygen atoms in total. The summed E-state index contributed by atoms with van der Waals surface area (Å²) in [6.45, 7) is 0.280. The topological polar surface area (TPSA) is 92.3 Å². The molecule has 156 valence electrons. The largest absolute Gasteiger partial charge is 0.346 e. The van der Waals surface area contributed by atoms with Gasteiger partial charge in [-0.1, -0.05) is 18.2 Å².